The average Bonchev–Trinajstić information content (AvgIpc) is 2.81. The quantitative estimate of drug-likeness (QED) is 0.426. The number of aromatic carboxylic acids is 1. The van der Waals surface area contributed by atoms with Gasteiger partial charge in [-0.25, -0.2) is 14.2 Å². The van der Waals surface area contributed by atoms with Crippen molar-refractivity contribution in [1.82, 2.24) is 0 Å². The van der Waals surface area contributed by atoms with Gasteiger partial charge in [0, 0.05) is 11.1 Å². The number of benzene rings is 3. The highest BCUT2D eigenvalue weighted by molar-refractivity contribution is 6.05. The summed E-state index contributed by atoms with van der Waals surface area (Å²) in [7, 11) is 0. The lowest BCUT2D eigenvalue weighted by atomic mass is 10.1. The van der Waals surface area contributed by atoms with Crippen molar-refractivity contribution in [3.8, 4) is 5.75 Å². The number of fused-ring (bicyclic) bond motifs is 1. The summed E-state index contributed by atoms with van der Waals surface area (Å²) in [6.45, 7) is 2.27. The molecule has 0 aliphatic heterocycles. The lowest BCUT2D eigenvalue weighted by molar-refractivity contribution is 0.0696. The first kappa shape index (κ1) is 21.8. The van der Waals surface area contributed by atoms with Gasteiger partial charge in [0.15, 0.2) is 11.3 Å². The molecule has 0 fully saturated rings. The van der Waals surface area contributed by atoms with Crippen LogP contribution in [0.25, 0.3) is 11.0 Å². The van der Waals surface area contributed by atoms with Crippen molar-refractivity contribution in [2.45, 2.75) is 6.92 Å². The molecule has 4 rings (SSSR count). The van der Waals surface area contributed by atoms with E-state index in [-0.39, 0.29) is 16.7 Å². The molecule has 1 heterocycles. The van der Waals surface area contributed by atoms with Gasteiger partial charge < -0.3 is 19.6 Å². The van der Waals surface area contributed by atoms with Crippen molar-refractivity contribution < 1.29 is 28.2 Å². The zero-order valence-electron chi connectivity index (χ0n) is 17.5. The molecule has 8 heteroatoms. The number of hydrogen-bond donors (Lipinski definition) is 2. The lowest BCUT2D eigenvalue weighted by Crippen LogP contribution is -2.21. The van der Waals surface area contributed by atoms with Gasteiger partial charge in [-0.05, 0) is 67.6 Å². The highest BCUT2D eigenvalue weighted by atomic mass is 19.1. The number of amides is 1. The van der Waals surface area contributed by atoms with E-state index in [1.807, 2.05) is 6.92 Å². The van der Waals surface area contributed by atoms with Crippen LogP contribution < -0.4 is 15.6 Å². The SMILES string of the molecule is CCOc1cccc2cc(C(=O)Nc3ccc(F)cc3)c(=Nc3ccc(C(=O)O)cc3)oc12. The summed E-state index contributed by atoms with van der Waals surface area (Å²) in [6, 6.07) is 18.2. The predicted octanol–water partition coefficient (Wildman–Crippen LogP) is 5.15. The van der Waals surface area contributed by atoms with E-state index in [1.54, 1.807) is 24.3 Å². The number of nitrogens with one attached hydrogen (secondary N) is 1. The summed E-state index contributed by atoms with van der Waals surface area (Å²) in [5, 5.41) is 12.4. The Morgan fingerprint density at radius 1 is 1.06 bits per heavy atom. The normalized spacial score (nSPS) is 11.4. The molecule has 33 heavy (non-hydrogen) atoms. The number of anilines is 1. The Morgan fingerprint density at radius 2 is 1.79 bits per heavy atom. The predicted molar refractivity (Wildman–Crippen MR) is 120 cm³/mol. The molecule has 0 atom stereocenters. The third kappa shape index (κ3) is 4.90. The van der Waals surface area contributed by atoms with Gasteiger partial charge in [-0.2, -0.15) is 0 Å². The minimum atomic E-state index is -1.06. The van der Waals surface area contributed by atoms with Gasteiger partial charge in [0.2, 0.25) is 5.55 Å². The number of hydrogen-bond acceptors (Lipinski definition) is 5. The molecule has 1 amide bonds. The average molecular weight is 446 g/mol. The molecule has 1 aromatic heterocycles. The first-order valence-corrected chi connectivity index (χ1v) is 10.1. The van der Waals surface area contributed by atoms with E-state index in [9.17, 15) is 14.0 Å². The van der Waals surface area contributed by atoms with Crippen LogP contribution in [0.15, 0.2) is 82.2 Å². The van der Waals surface area contributed by atoms with E-state index in [0.717, 1.165) is 0 Å². The number of carbonyl (C=O) groups excluding carboxylic acids is 1. The number of carbonyl (C=O) groups is 2. The molecule has 0 radical (unpaired) electrons. The number of rotatable bonds is 6. The van der Waals surface area contributed by atoms with Crippen molar-refractivity contribution >= 4 is 34.2 Å². The molecule has 7 nitrogen and oxygen atoms in total. The Kier molecular flexibility index (Phi) is 6.17. The molecule has 0 saturated carbocycles. The van der Waals surface area contributed by atoms with E-state index in [4.69, 9.17) is 14.3 Å². The van der Waals surface area contributed by atoms with Gasteiger partial charge in [0.25, 0.3) is 5.91 Å². The van der Waals surface area contributed by atoms with Gasteiger partial charge in [-0.1, -0.05) is 12.1 Å². The van der Waals surface area contributed by atoms with E-state index in [2.05, 4.69) is 10.3 Å². The van der Waals surface area contributed by atoms with Crippen LogP contribution in [-0.2, 0) is 0 Å². The summed E-state index contributed by atoms with van der Waals surface area (Å²) in [6.07, 6.45) is 0. The second-order valence-electron chi connectivity index (χ2n) is 7.00. The third-order valence-corrected chi connectivity index (χ3v) is 4.73. The highest BCUT2D eigenvalue weighted by Crippen LogP contribution is 2.26. The fourth-order valence-corrected chi connectivity index (χ4v) is 3.17. The first-order chi connectivity index (χ1) is 15.9. The Morgan fingerprint density at radius 3 is 2.45 bits per heavy atom. The molecule has 0 aliphatic rings. The summed E-state index contributed by atoms with van der Waals surface area (Å²) in [5.74, 6) is -1.48. The van der Waals surface area contributed by atoms with Crippen molar-refractivity contribution in [2.75, 3.05) is 11.9 Å². The lowest BCUT2D eigenvalue weighted by Gasteiger charge is -2.10. The maximum absolute atomic E-state index is 13.2. The van der Waals surface area contributed by atoms with Crippen molar-refractivity contribution in [2.24, 2.45) is 4.99 Å². The highest BCUT2D eigenvalue weighted by Gasteiger charge is 2.15. The third-order valence-electron chi connectivity index (χ3n) is 4.73. The summed E-state index contributed by atoms with van der Waals surface area (Å²) in [5.41, 5.74) is 1.48. The van der Waals surface area contributed by atoms with E-state index in [0.29, 0.717) is 34.7 Å². The number of carboxylic acids is 1. The monoisotopic (exact) mass is 446 g/mol. The molecule has 4 aromatic rings. The molecule has 166 valence electrons. The van der Waals surface area contributed by atoms with Crippen LogP contribution in [0.5, 0.6) is 5.75 Å². The smallest absolute Gasteiger partial charge is 0.335 e. The molecule has 0 spiro atoms. The van der Waals surface area contributed by atoms with E-state index >= 15 is 0 Å². The van der Waals surface area contributed by atoms with Crippen LogP contribution in [-0.4, -0.2) is 23.6 Å². The van der Waals surface area contributed by atoms with Crippen molar-refractivity contribution in [3.05, 3.63) is 95.3 Å². The molecule has 0 unspecified atom stereocenters. The largest absolute Gasteiger partial charge is 0.490 e. The fraction of sp³-hybridized carbons (Fsp3) is 0.0800. The minimum absolute atomic E-state index is 0.0114. The van der Waals surface area contributed by atoms with Crippen LogP contribution in [0.2, 0.25) is 0 Å². The minimum Gasteiger partial charge on any atom is -0.490 e. The van der Waals surface area contributed by atoms with Crippen LogP contribution in [0.4, 0.5) is 15.8 Å². The number of nitrogens with zero attached hydrogens (tertiary/aromatic N) is 1. The first-order valence-electron chi connectivity index (χ1n) is 10.1. The van der Waals surface area contributed by atoms with E-state index in [1.165, 1.54) is 48.5 Å². The Bertz CT molecular complexity index is 1390. The van der Waals surface area contributed by atoms with Crippen LogP contribution in [0, 0.1) is 5.82 Å². The van der Waals surface area contributed by atoms with Crippen molar-refractivity contribution in [1.29, 1.82) is 0 Å². The van der Waals surface area contributed by atoms with Gasteiger partial charge in [-0.15, -0.1) is 0 Å². The van der Waals surface area contributed by atoms with E-state index < -0.39 is 17.7 Å². The standard InChI is InChI=1S/C25H19FN2O5/c1-2-32-21-5-3-4-16-14-20(23(29)27-18-12-8-17(26)9-13-18)24(33-22(16)21)28-19-10-6-15(7-11-19)25(30)31/h3-14H,2H2,1H3,(H,27,29)(H,30,31). The topological polar surface area (TPSA) is 101 Å². The second kappa shape index (κ2) is 9.35. The van der Waals surface area contributed by atoms with Crippen LogP contribution in [0.1, 0.15) is 27.6 Å². The number of carboxylic acid groups (broad SMARTS) is 1. The number of halogens is 1. The van der Waals surface area contributed by atoms with Gasteiger partial charge >= 0.3 is 5.97 Å². The zero-order chi connectivity index (χ0) is 23.4. The van der Waals surface area contributed by atoms with Gasteiger partial charge in [-0.3, -0.25) is 4.79 Å². The van der Waals surface area contributed by atoms with Gasteiger partial charge in [0.05, 0.1) is 17.9 Å². The van der Waals surface area contributed by atoms with Crippen LogP contribution >= 0.6 is 0 Å². The Balaban J connectivity index is 1.85. The second-order valence-corrected chi connectivity index (χ2v) is 7.00. The van der Waals surface area contributed by atoms with Gasteiger partial charge in [0.1, 0.15) is 11.4 Å². The van der Waals surface area contributed by atoms with Crippen molar-refractivity contribution in [3.63, 3.8) is 0 Å². The zero-order valence-corrected chi connectivity index (χ0v) is 17.5. The molecule has 0 bridgehead atoms. The number of para-hydroxylation sites is 1. The van der Waals surface area contributed by atoms with Crippen LogP contribution in [0.3, 0.4) is 0 Å². The molecular weight excluding hydrogens is 427 g/mol. The summed E-state index contributed by atoms with van der Waals surface area (Å²) in [4.78, 5) is 28.6. The molecular formula is C25H19FN2O5. The Labute approximate surface area is 187 Å². The molecule has 3 aromatic carbocycles. The molecule has 0 saturated heterocycles. The summed E-state index contributed by atoms with van der Waals surface area (Å²) < 4.78 is 24.9. The molecule has 0 aliphatic carbocycles. The number of ether oxygens (including phenoxy) is 1. The maximum atomic E-state index is 13.2. The molecule has 2 N–H and O–H groups in total. The fourth-order valence-electron chi connectivity index (χ4n) is 3.17. The Hall–Kier alpha value is -4.46. The maximum Gasteiger partial charge on any atom is 0.335 e. The summed E-state index contributed by atoms with van der Waals surface area (Å²) >= 11 is 0.